The first-order valence-electron chi connectivity index (χ1n) is 4.04. The van der Waals surface area contributed by atoms with Crippen molar-refractivity contribution in [3.63, 3.8) is 0 Å². The molecule has 0 amide bonds. The van der Waals surface area contributed by atoms with Crippen LogP contribution >= 0.6 is 0 Å². The van der Waals surface area contributed by atoms with Gasteiger partial charge in [0.2, 0.25) is 0 Å². The molecule has 1 fully saturated rings. The number of rotatable bonds is 2. The van der Waals surface area contributed by atoms with Crippen molar-refractivity contribution in [2.24, 2.45) is 0 Å². The second-order valence-electron chi connectivity index (χ2n) is 3.07. The van der Waals surface area contributed by atoms with E-state index < -0.39 is 0 Å². The van der Waals surface area contributed by atoms with Gasteiger partial charge in [-0.15, -0.1) is 0 Å². The minimum absolute atomic E-state index is 0.237. The molecule has 0 bridgehead atoms. The van der Waals surface area contributed by atoms with Gasteiger partial charge in [0.05, 0.1) is 12.3 Å². The van der Waals surface area contributed by atoms with Crippen LogP contribution in [0.2, 0.25) is 0 Å². The summed E-state index contributed by atoms with van der Waals surface area (Å²) in [5.74, 6) is -0.0301. The molecule has 0 aliphatic heterocycles. The van der Waals surface area contributed by atoms with E-state index in [2.05, 4.69) is 4.98 Å². The van der Waals surface area contributed by atoms with E-state index in [4.69, 9.17) is 4.74 Å². The summed E-state index contributed by atoms with van der Waals surface area (Å²) in [5, 5.41) is 0. The number of pyridine rings is 1. The molecule has 1 aliphatic carbocycles. The zero-order valence-electron chi connectivity index (χ0n) is 6.88. The van der Waals surface area contributed by atoms with Crippen molar-refractivity contribution >= 4 is 0 Å². The highest BCUT2D eigenvalue weighted by Gasteiger charge is 2.24. The van der Waals surface area contributed by atoms with E-state index in [1.165, 1.54) is 6.20 Å². The molecule has 0 unspecified atom stereocenters. The quantitative estimate of drug-likeness (QED) is 0.672. The standard InChI is InChI=1S/C9H10FNO/c1-6-4-9(8(10)5-11-6)12-7-2-3-7/h4-5,7H,2-3H2,1H3. The third kappa shape index (κ3) is 1.55. The maximum atomic E-state index is 13.0. The van der Waals surface area contributed by atoms with Gasteiger partial charge in [0.25, 0.3) is 0 Å². The Bertz CT molecular complexity index is 297. The van der Waals surface area contributed by atoms with Crippen molar-refractivity contribution < 1.29 is 9.13 Å². The maximum Gasteiger partial charge on any atom is 0.183 e. The van der Waals surface area contributed by atoms with Crippen molar-refractivity contribution in [1.82, 2.24) is 4.98 Å². The van der Waals surface area contributed by atoms with E-state index in [-0.39, 0.29) is 11.9 Å². The van der Waals surface area contributed by atoms with E-state index in [0.717, 1.165) is 18.5 Å². The van der Waals surface area contributed by atoms with Crippen LogP contribution in [0.3, 0.4) is 0 Å². The Balaban J connectivity index is 2.21. The van der Waals surface area contributed by atoms with Gasteiger partial charge in [-0.3, -0.25) is 4.98 Å². The van der Waals surface area contributed by atoms with Crippen molar-refractivity contribution in [2.45, 2.75) is 25.9 Å². The minimum Gasteiger partial charge on any atom is -0.487 e. The monoisotopic (exact) mass is 167 g/mol. The lowest BCUT2D eigenvalue weighted by atomic mass is 10.3. The molecule has 2 nitrogen and oxygen atoms in total. The van der Waals surface area contributed by atoms with Crippen LogP contribution in [0.25, 0.3) is 0 Å². The molecular formula is C9H10FNO. The zero-order valence-corrected chi connectivity index (χ0v) is 6.88. The SMILES string of the molecule is Cc1cc(OC2CC2)c(F)cn1. The summed E-state index contributed by atoms with van der Waals surface area (Å²) in [6.07, 6.45) is 3.52. The van der Waals surface area contributed by atoms with Gasteiger partial charge >= 0.3 is 0 Å². The van der Waals surface area contributed by atoms with Crippen molar-refractivity contribution in [3.8, 4) is 5.75 Å². The molecule has 0 N–H and O–H groups in total. The van der Waals surface area contributed by atoms with E-state index in [9.17, 15) is 4.39 Å². The normalized spacial score (nSPS) is 16.2. The fraction of sp³-hybridized carbons (Fsp3) is 0.444. The fourth-order valence-corrected chi connectivity index (χ4v) is 0.974. The summed E-state index contributed by atoms with van der Waals surface area (Å²) >= 11 is 0. The highest BCUT2D eigenvalue weighted by molar-refractivity contribution is 5.24. The molecule has 0 saturated heterocycles. The molecule has 1 heterocycles. The number of halogens is 1. The predicted octanol–water partition coefficient (Wildman–Crippen LogP) is 2.07. The maximum absolute atomic E-state index is 13.0. The van der Waals surface area contributed by atoms with Gasteiger partial charge in [0.15, 0.2) is 11.6 Å². The molecule has 1 saturated carbocycles. The van der Waals surface area contributed by atoms with E-state index in [1.54, 1.807) is 6.07 Å². The molecule has 0 spiro atoms. The summed E-state index contributed by atoms with van der Waals surface area (Å²) in [6, 6.07) is 1.63. The van der Waals surface area contributed by atoms with Gasteiger partial charge in [0.1, 0.15) is 0 Å². The minimum atomic E-state index is -0.368. The van der Waals surface area contributed by atoms with Crippen LogP contribution in [0, 0.1) is 12.7 Å². The zero-order chi connectivity index (χ0) is 8.55. The second-order valence-corrected chi connectivity index (χ2v) is 3.07. The Morgan fingerprint density at radius 1 is 1.58 bits per heavy atom. The van der Waals surface area contributed by atoms with Crippen LogP contribution in [0.4, 0.5) is 4.39 Å². The summed E-state index contributed by atoms with van der Waals surface area (Å²) in [7, 11) is 0. The van der Waals surface area contributed by atoms with Crippen LogP contribution in [-0.4, -0.2) is 11.1 Å². The molecule has 0 radical (unpaired) electrons. The Hall–Kier alpha value is -1.12. The highest BCUT2D eigenvalue weighted by atomic mass is 19.1. The van der Waals surface area contributed by atoms with Gasteiger partial charge < -0.3 is 4.74 Å². The molecule has 0 aromatic carbocycles. The Morgan fingerprint density at radius 3 is 3.00 bits per heavy atom. The van der Waals surface area contributed by atoms with Crippen LogP contribution in [0.5, 0.6) is 5.75 Å². The average Bonchev–Trinajstić information content (AvgIpc) is 2.81. The van der Waals surface area contributed by atoms with Crippen molar-refractivity contribution in [1.29, 1.82) is 0 Å². The molecule has 1 aliphatic rings. The summed E-state index contributed by atoms with van der Waals surface area (Å²) in [4.78, 5) is 3.81. The highest BCUT2D eigenvalue weighted by Crippen LogP contribution is 2.28. The Morgan fingerprint density at radius 2 is 2.33 bits per heavy atom. The van der Waals surface area contributed by atoms with Gasteiger partial charge in [-0.25, -0.2) is 4.39 Å². The molecule has 3 heteroatoms. The molecule has 1 aromatic rings. The van der Waals surface area contributed by atoms with Gasteiger partial charge in [-0.1, -0.05) is 0 Å². The molecule has 0 atom stereocenters. The Kier molecular flexibility index (Phi) is 1.71. The van der Waals surface area contributed by atoms with Crippen molar-refractivity contribution in [2.75, 3.05) is 0 Å². The second kappa shape index (κ2) is 2.73. The molecule has 12 heavy (non-hydrogen) atoms. The first-order valence-corrected chi connectivity index (χ1v) is 4.04. The predicted molar refractivity (Wildman–Crippen MR) is 42.6 cm³/mol. The molecule has 1 aromatic heterocycles. The summed E-state index contributed by atoms with van der Waals surface area (Å²) in [5.41, 5.74) is 0.784. The molecule has 2 rings (SSSR count). The lowest BCUT2D eigenvalue weighted by Crippen LogP contribution is -1.99. The largest absolute Gasteiger partial charge is 0.487 e. The first kappa shape index (κ1) is 7.53. The van der Waals surface area contributed by atoms with Crippen LogP contribution in [0.15, 0.2) is 12.3 Å². The van der Waals surface area contributed by atoms with Gasteiger partial charge in [0, 0.05) is 11.8 Å². The number of nitrogens with zero attached hydrogens (tertiary/aromatic N) is 1. The number of hydrogen-bond acceptors (Lipinski definition) is 2. The molecular weight excluding hydrogens is 157 g/mol. The third-order valence-corrected chi connectivity index (χ3v) is 1.77. The summed E-state index contributed by atoms with van der Waals surface area (Å²) < 4.78 is 18.3. The van der Waals surface area contributed by atoms with Crippen LogP contribution in [0.1, 0.15) is 18.5 Å². The number of aryl methyl sites for hydroxylation is 1. The smallest absolute Gasteiger partial charge is 0.183 e. The van der Waals surface area contributed by atoms with Crippen molar-refractivity contribution in [3.05, 3.63) is 23.8 Å². The lowest BCUT2D eigenvalue weighted by Gasteiger charge is -2.04. The van der Waals surface area contributed by atoms with E-state index in [1.807, 2.05) is 6.92 Å². The number of hydrogen-bond donors (Lipinski definition) is 0. The fourth-order valence-electron chi connectivity index (χ4n) is 0.974. The summed E-state index contributed by atoms with van der Waals surface area (Å²) in [6.45, 7) is 1.82. The first-order chi connectivity index (χ1) is 5.75. The average molecular weight is 167 g/mol. The van der Waals surface area contributed by atoms with Crippen LogP contribution < -0.4 is 4.74 Å². The van der Waals surface area contributed by atoms with E-state index >= 15 is 0 Å². The number of aromatic nitrogens is 1. The number of ether oxygens (including phenoxy) is 1. The van der Waals surface area contributed by atoms with Gasteiger partial charge in [-0.2, -0.15) is 0 Å². The topological polar surface area (TPSA) is 22.1 Å². The third-order valence-electron chi connectivity index (χ3n) is 1.77. The molecule has 64 valence electrons. The van der Waals surface area contributed by atoms with Crippen LogP contribution in [-0.2, 0) is 0 Å². The lowest BCUT2D eigenvalue weighted by molar-refractivity contribution is 0.286. The Labute approximate surface area is 70.4 Å². The van der Waals surface area contributed by atoms with E-state index in [0.29, 0.717) is 5.75 Å². The van der Waals surface area contributed by atoms with Gasteiger partial charge in [-0.05, 0) is 19.8 Å².